The van der Waals surface area contributed by atoms with Gasteiger partial charge < -0.3 is 15.2 Å². The van der Waals surface area contributed by atoms with Gasteiger partial charge in [0.25, 0.3) is 0 Å². The molecule has 2 N–H and O–H groups in total. The van der Waals surface area contributed by atoms with Crippen LogP contribution in [0.2, 0.25) is 0 Å². The first-order chi connectivity index (χ1) is 10.4. The van der Waals surface area contributed by atoms with E-state index >= 15 is 0 Å². The Labute approximate surface area is 123 Å². The quantitative estimate of drug-likeness (QED) is 0.771. The summed E-state index contributed by atoms with van der Waals surface area (Å²) in [5, 5.41) is 6.67. The molecule has 2 heterocycles. The molecule has 0 spiro atoms. The summed E-state index contributed by atoms with van der Waals surface area (Å²) in [6.07, 6.45) is 5.70. The van der Waals surface area contributed by atoms with Crippen LogP contribution >= 0.6 is 0 Å². The van der Waals surface area contributed by atoms with Crippen molar-refractivity contribution < 1.29 is 0 Å². The van der Waals surface area contributed by atoms with Crippen molar-refractivity contribution in [3.8, 4) is 0 Å². The van der Waals surface area contributed by atoms with Crippen LogP contribution in [-0.4, -0.2) is 16.2 Å². The summed E-state index contributed by atoms with van der Waals surface area (Å²) < 4.78 is 2.14. The first-order valence-corrected chi connectivity index (χ1v) is 7.06. The van der Waals surface area contributed by atoms with Crippen LogP contribution in [-0.2, 0) is 0 Å². The predicted molar refractivity (Wildman–Crippen MR) is 84.5 cm³/mol. The van der Waals surface area contributed by atoms with Crippen molar-refractivity contribution in [1.82, 2.24) is 9.55 Å². The summed E-state index contributed by atoms with van der Waals surface area (Å²) in [5.41, 5.74) is 4.82. The molecule has 4 rings (SSSR count). The molecule has 21 heavy (non-hydrogen) atoms. The van der Waals surface area contributed by atoms with Gasteiger partial charge in [-0.2, -0.15) is 0 Å². The molecule has 1 aliphatic heterocycles. The second-order valence-electron chi connectivity index (χ2n) is 5.16. The summed E-state index contributed by atoms with van der Waals surface area (Å²) in [6.45, 7) is 0.792. The van der Waals surface area contributed by atoms with E-state index in [2.05, 4.69) is 62.6 Å². The molecule has 104 valence electrons. The number of aromatic nitrogens is 2. The maximum atomic E-state index is 4.20. The van der Waals surface area contributed by atoms with Gasteiger partial charge in [0.05, 0.1) is 30.4 Å². The molecule has 0 saturated carbocycles. The Balaban J connectivity index is 1.83. The van der Waals surface area contributed by atoms with Crippen molar-refractivity contribution in [2.75, 3.05) is 17.3 Å². The molecule has 0 bridgehead atoms. The number of fused-ring (bicyclic) bond motifs is 1. The zero-order valence-electron chi connectivity index (χ0n) is 11.5. The van der Waals surface area contributed by atoms with Gasteiger partial charge in [0.15, 0.2) is 0 Å². The van der Waals surface area contributed by atoms with Crippen molar-refractivity contribution in [3.05, 3.63) is 78.4 Å². The molecular weight excluding hydrogens is 260 g/mol. The molecular formula is C17H16N4. The van der Waals surface area contributed by atoms with Gasteiger partial charge in [-0.05, 0) is 23.3 Å². The lowest BCUT2D eigenvalue weighted by molar-refractivity contribution is 0.677. The van der Waals surface area contributed by atoms with E-state index in [4.69, 9.17) is 0 Å². The zero-order chi connectivity index (χ0) is 14.1. The van der Waals surface area contributed by atoms with Gasteiger partial charge in [-0.1, -0.05) is 36.4 Å². The fourth-order valence-corrected chi connectivity index (χ4v) is 2.86. The van der Waals surface area contributed by atoms with Crippen LogP contribution in [0.5, 0.6) is 0 Å². The average molecular weight is 276 g/mol. The van der Waals surface area contributed by atoms with E-state index < -0.39 is 0 Å². The first kappa shape index (κ1) is 12.0. The lowest BCUT2D eigenvalue weighted by atomic mass is 9.97. The molecule has 4 heteroatoms. The minimum atomic E-state index is 0.140. The summed E-state index contributed by atoms with van der Waals surface area (Å²) in [6, 6.07) is 17.2. The van der Waals surface area contributed by atoms with Gasteiger partial charge in [-0.25, -0.2) is 4.98 Å². The highest BCUT2D eigenvalue weighted by Crippen LogP contribution is 2.33. The van der Waals surface area contributed by atoms with Crippen LogP contribution in [0.15, 0.2) is 67.3 Å². The average Bonchev–Trinajstić information content (AvgIpc) is 3.19. The molecule has 0 amide bonds. The number of benzene rings is 2. The van der Waals surface area contributed by atoms with E-state index in [-0.39, 0.29) is 6.04 Å². The first-order valence-electron chi connectivity index (χ1n) is 7.06. The summed E-state index contributed by atoms with van der Waals surface area (Å²) in [4.78, 5) is 4.20. The highest BCUT2D eigenvalue weighted by molar-refractivity contribution is 5.74. The smallest absolute Gasteiger partial charge is 0.0954 e. The van der Waals surface area contributed by atoms with Crippen molar-refractivity contribution in [3.63, 3.8) is 0 Å². The number of hydrogen-bond acceptors (Lipinski definition) is 3. The lowest BCUT2D eigenvalue weighted by Gasteiger charge is -2.20. The standard InChI is InChI=1S/C17H16N4/c1-2-4-13(5-3-1)17(21-9-8-18-12-21)14-6-7-15-16(10-14)20-11-19-15/h1-10,12,17,19-20H,11H2. The molecule has 1 atom stereocenters. The van der Waals surface area contributed by atoms with E-state index in [0.717, 1.165) is 18.0 Å². The fraction of sp³-hybridized carbons (Fsp3) is 0.118. The van der Waals surface area contributed by atoms with Gasteiger partial charge in [-0.3, -0.25) is 0 Å². The summed E-state index contributed by atoms with van der Waals surface area (Å²) >= 11 is 0. The molecule has 0 saturated heterocycles. The molecule has 1 aliphatic rings. The monoisotopic (exact) mass is 276 g/mol. The lowest BCUT2D eigenvalue weighted by Crippen LogP contribution is -2.10. The molecule has 3 aromatic rings. The number of nitrogens with zero attached hydrogens (tertiary/aromatic N) is 2. The van der Waals surface area contributed by atoms with Crippen LogP contribution in [0.1, 0.15) is 17.2 Å². The zero-order valence-corrected chi connectivity index (χ0v) is 11.5. The molecule has 0 radical (unpaired) electrons. The number of rotatable bonds is 3. The van der Waals surface area contributed by atoms with Gasteiger partial charge in [0.2, 0.25) is 0 Å². The Morgan fingerprint density at radius 1 is 0.952 bits per heavy atom. The third-order valence-electron chi connectivity index (χ3n) is 3.86. The van der Waals surface area contributed by atoms with Crippen LogP contribution in [0.4, 0.5) is 11.4 Å². The minimum absolute atomic E-state index is 0.140. The van der Waals surface area contributed by atoms with Crippen molar-refractivity contribution >= 4 is 11.4 Å². The molecule has 0 fully saturated rings. The van der Waals surface area contributed by atoms with Crippen molar-refractivity contribution in [2.45, 2.75) is 6.04 Å². The van der Waals surface area contributed by atoms with Crippen molar-refractivity contribution in [1.29, 1.82) is 0 Å². The highest BCUT2D eigenvalue weighted by atomic mass is 15.1. The third-order valence-corrected chi connectivity index (χ3v) is 3.86. The Kier molecular flexibility index (Phi) is 2.85. The van der Waals surface area contributed by atoms with E-state index in [1.54, 1.807) is 0 Å². The predicted octanol–water partition coefficient (Wildman–Crippen LogP) is 3.32. The second kappa shape index (κ2) is 4.98. The van der Waals surface area contributed by atoms with Gasteiger partial charge in [0, 0.05) is 12.4 Å². The SMILES string of the molecule is c1ccc(C(c2ccc3c(c2)NCN3)n2ccnc2)cc1. The van der Waals surface area contributed by atoms with Crippen LogP contribution in [0.3, 0.4) is 0 Å². The number of imidazole rings is 1. The van der Waals surface area contributed by atoms with E-state index in [1.807, 2.05) is 24.8 Å². The molecule has 2 aromatic carbocycles. The molecule has 4 nitrogen and oxygen atoms in total. The van der Waals surface area contributed by atoms with E-state index in [9.17, 15) is 0 Å². The number of anilines is 2. The third kappa shape index (κ3) is 2.14. The Morgan fingerprint density at radius 3 is 2.62 bits per heavy atom. The molecule has 0 aliphatic carbocycles. The number of nitrogens with one attached hydrogen (secondary N) is 2. The maximum absolute atomic E-state index is 4.20. The van der Waals surface area contributed by atoms with Gasteiger partial charge in [0.1, 0.15) is 0 Å². The maximum Gasteiger partial charge on any atom is 0.0954 e. The topological polar surface area (TPSA) is 41.9 Å². The van der Waals surface area contributed by atoms with Crippen molar-refractivity contribution in [2.24, 2.45) is 0 Å². The van der Waals surface area contributed by atoms with E-state index in [1.165, 1.54) is 11.1 Å². The number of hydrogen-bond donors (Lipinski definition) is 2. The van der Waals surface area contributed by atoms with E-state index in [0.29, 0.717) is 0 Å². The molecule has 1 unspecified atom stereocenters. The normalized spacial score (nSPS) is 14.1. The highest BCUT2D eigenvalue weighted by Gasteiger charge is 2.18. The molecule has 1 aromatic heterocycles. The van der Waals surface area contributed by atoms with Crippen LogP contribution < -0.4 is 10.6 Å². The second-order valence-corrected chi connectivity index (χ2v) is 5.16. The van der Waals surface area contributed by atoms with Gasteiger partial charge >= 0.3 is 0 Å². The summed E-state index contributed by atoms with van der Waals surface area (Å²) in [7, 11) is 0. The van der Waals surface area contributed by atoms with Crippen LogP contribution in [0.25, 0.3) is 0 Å². The Hall–Kier alpha value is -2.75. The largest absolute Gasteiger partial charge is 0.366 e. The fourth-order valence-electron chi connectivity index (χ4n) is 2.86. The summed E-state index contributed by atoms with van der Waals surface area (Å²) in [5.74, 6) is 0. The van der Waals surface area contributed by atoms with Gasteiger partial charge in [-0.15, -0.1) is 0 Å². The van der Waals surface area contributed by atoms with Crippen LogP contribution in [0, 0.1) is 0 Å². The minimum Gasteiger partial charge on any atom is -0.366 e. The Bertz CT molecular complexity index is 735. The Morgan fingerprint density at radius 2 is 1.81 bits per heavy atom.